The smallest absolute Gasteiger partial charge is 0.253 e. The average Bonchev–Trinajstić information content (AvgIpc) is 2.57. The summed E-state index contributed by atoms with van der Waals surface area (Å²) >= 11 is 6.95. The van der Waals surface area contributed by atoms with Gasteiger partial charge in [0.2, 0.25) is 0 Å². The van der Waals surface area contributed by atoms with Crippen LogP contribution in [0.25, 0.3) is 0 Å². The van der Waals surface area contributed by atoms with Gasteiger partial charge in [0.15, 0.2) is 0 Å². The summed E-state index contributed by atoms with van der Waals surface area (Å²) in [5.74, 6) is 0. The van der Waals surface area contributed by atoms with Crippen molar-refractivity contribution in [2.75, 3.05) is 13.6 Å². The third kappa shape index (κ3) is 5.55. The van der Waals surface area contributed by atoms with Gasteiger partial charge in [-0.2, -0.15) is 0 Å². The zero-order valence-corrected chi connectivity index (χ0v) is 16.6. The van der Waals surface area contributed by atoms with E-state index in [2.05, 4.69) is 9.71 Å². The van der Waals surface area contributed by atoms with Gasteiger partial charge in [-0.15, -0.1) is 3.71 Å². The molecule has 0 atom stereocenters. The molecule has 0 saturated heterocycles. The molecule has 0 radical (unpaired) electrons. The van der Waals surface area contributed by atoms with E-state index in [0.717, 1.165) is 28.9 Å². The molecule has 0 aliphatic carbocycles. The predicted octanol–water partition coefficient (Wildman–Crippen LogP) is 4.13. The van der Waals surface area contributed by atoms with Gasteiger partial charge in [-0.1, -0.05) is 35.4 Å². The van der Waals surface area contributed by atoms with Crippen LogP contribution in [0.1, 0.15) is 11.1 Å². The van der Waals surface area contributed by atoms with Gasteiger partial charge in [0.25, 0.3) is 10.0 Å². The Bertz CT molecular complexity index is 853. The van der Waals surface area contributed by atoms with E-state index in [9.17, 15) is 8.42 Å². The fraction of sp³-hybridized carbons (Fsp3) is 0.235. The van der Waals surface area contributed by atoms with Gasteiger partial charge in [-0.3, -0.25) is 4.99 Å². The van der Waals surface area contributed by atoms with Crippen LogP contribution in [-0.2, 0) is 10.0 Å². The molecule has 2 aromatic rings. The number of rotatable bonds is 7. The average molecular weight is 398 g/mol. The molecule has 2 rings (SSSR count). The second-order valence-electron chi connectivity index (χ2n) is 5.41. The largest absolute Gasteiger partial charge is 0.260 e. The van der Waals surface area contributed by atoms with E-state index in [4.69, 9.17) is 11.6 Å². The summed E-state index contributed by atoms with van der Waals surface area (Å²) in [5.41, 5.74) is 2.83. The molecule has 0 amide bonds. The van der Waals surface area contributed by atoms with Crippen molar-refractivity contribution in [1.29, 1.82) is 0 Å². The van der Waals surface area contributed by atoms with E-state index < -0.39 is 10.0 Å². The van der Waals surface area contributed by atoms with Crippen molar-refractivity contribution >= 4 is 45.7 Å². The maximum absolute atomic E-state index is 12.4. The number of halogens is 1. The fourth-order valence-electron chi connectivity index (χ4n) is 1.94. The molecule has 2 aromatic carbocycles. The lowest BCUT2D eigenvalue weighted by molar-refractivity contribution is 0.564. The molecular weight excluding hydrogens is 378 g/mol. The number of aliphatic imine (C=N–C) groups is 1. The maximum atomic E-state index is 12.4. The van der Waals surface area contributed by atoms with Crippen molar-refractivity contribution in [3.63, 3.8) is 0 Å². The highest BCUT2D eigenvalue weighted by atomic mass is 35.5. The van der Waals surface area contributed by atoms with Crippen LogP contribution in [0.4, 0.5) is 5.69 Å². The number of aryl methyl sites for hydroxylation is 2. The topological polar surface area (TPSA) is 61.8 Å². The minimum Gasteiger partial charge on any atom is -0.260 e. The van der Waals surface area contributed by atoms with E-state index >= 15 is 0 Å². The minimum atomic E-state index is -3.54. The van der Waals surface area contributed by atoms with Crippen LogP contribution in [-0.4, -0.2) is 31.9 Å². The predicted molar refractivity (Wildman–Crippen MR) is 106 cm³/mol. The number of nitrogens with zero attached hydrogens (tertiary/aromatic N) is 2. The van der Waals surface area contributed by atoms with E-state index in [-0.39, 0.29) is 4.90 Å². The highest BCUT2D eigenvalue weighted by molar-refractivity contribution is 8.07. The fourth-order valence-corrected chi connectivity index (χ4v) is 4.02. The molecule has 1 N–H and O–H groups in total. The first-order chi connectivity index (χ1) is 11.8. The molecule has 0 aliphatic heterocycles. The molecule has 0 unspecified atom stereocenters. The highest BCUT2D eigenvalue weighted by Gasteiger charge is 2.20. The first-order valence-corrected chi connectivity index (χ1v) is 10.1. The molecule has 0 fully saturated rings. The second-order valence-corrected chi connectivity index (χ2v) is 9.07. The van der Waals surface area contributed by atoms with Crippen LogP contribution in [0.15, 0.2) is 52.4 Å². The van der Waals surface area contributed by atoms with Crippen LogP contribution in [0, 0.1) is 13.8 Å². The Hall–Kier alpha value is -1.38. The molecular formula is C17H20ClN3O2S2. The lowest BCUT2D eigenvalue weighted by Crippen LogP contribution is -2.25. The maximum Gasteiger partial charge on any atom is 0.253 e. The molecule has 25 heavy (non-hydrogen) atoms. The third-order valence-corrected chi connectivity index (χ3v) is 6.57. The monoisotopic (exact) mass is 397 g/mol. The van der Waals surface area contributed by atoms with Crippen molar-refractivity contribution < 1.29 is 8.42 Å². The van der Waals surface area contributed by atoms with Crippen LogP contribution >= 0.6 is 23.7 Å². The van der Waals surface area contributed by atoms with Gasteiger partial charge in [0.1, 0.15) is 0 Å². The van der Waals surface area contributed by atoms with Crippen LogP contribution in [0.5, 0.6) is 0 Å². The summed E-state index contributed by atoms with van der Waals surface area (Å²) in [4.78, 5) is 4.60. The summed E-state index contributed by atoms with van der Waals surface area (Å²) in [6, 6.07) is 12.3. The summed E-state index contributed by atoms with van der Waals surface area (Å²) in [7, 11) is -2.03. The normalized spacial score (nSPS) is 12.2. The van der Waals surface area contributed by atoms with E-state index in [1.165, 1.54) is 10.8 Å². The molecule has 0 bridgehead atoms. The Kier molecular flexibility index (Phi) is 7.04. The molecule has 0 aliphatic rings. The Morgan fingerprint density at radius 2 is 1.88 bits per heavy atom. The lowest BCUT2D eigenvalue weighted by Gasteiger charge is -2.15. The Balaban J connectivity index is 1.89. The zero-order valence-electron chi connectivity index (χ0n) is 14.2. The highest BCUT2D eigenvalue weighted by Crippen LogP contribution is 2.22. The first-order valence-electron chi connectivity index (χ1n) is 7.55. The summed E-state index contributed by atoms with van der Waals surface area (Å²) < 4.78 is 29.0. The Labute approximate surface area is 158 Å². The Morgan fingerprint density at radius 3 is 2.56 bits per heavy atom. The second kappa shape index (κ2) is 8.82. The van der Waals surface area contributed by atoms with Gasteiger partial charge in [0, 0.05) is 37.0 Å². The quantitative estimate of drug-likeness (QED) is 0.433. The van der Waals surface area contributed by atoms with Crippen molar-refractivity contribution in [2.45, 2.75) is 18.7 Å². The molecule has 5 nitrogen and oxygen atoms in total. The van der Waals surface area contributed by atoms with E-state index in [1.807, 2.05) is 26.0 Å². The Morgan fingerprint density at radius 1 is 1.20 bits per heavy atom. The van der Waals surface area contributed by atoms with E-state index in [0.29, 0.717) is 11.6 Å². The third-order valence-electron chi connectivity index (χ3n) is 3.43. The standard InChI is InChI=1S/C17H20ClN3O2S2/c1-13-4-8-16(9-5-13)25(22,23)21(3)24-20-11-10-19-17-12-15(18)7-6-14(17)2/h4-10,12,20H,11H2,1-3H3. The zero-order chi connectivity index (χ0) is 18.4. The van der Waals surface area contributed by atoms with Crippen LogP contribution in [0.3, 0.4) is 0 Å². The van der Waals surface area contributed by atoms with Gasteiger partial charge in [-0.25, -0.2) is 13.1 Å². The molecule has 0 heterocycles. The van der Waals surface area contributed by atoms with Gasteiger partial charge < -0.3 is 0 Å². The molecule has 0 spiro atoms. The van der Waals surface area contributed by atoms with Crippen molar-refractivity contribution in [3.05, 3.63) is 58.6 Å². The number of benzene rings is 2. The number of nitrogens with one attached hydrogen (secondary N) is 1. The van der Waals surface area contributed by atoms with Gasteiger partial charge in [-0.05, 0) is 43.7 Å². The van der Waals surface area contributed by atoms with Crippen molar-refractivity contribution in [3.8, 4) is 0 Å². The number of hydrogen-bond donors (Lipinski definition) is 1. The molecule has 0 saturated carbocycles. The van der Waals surface area contributed by atoms with Crippen LogP contribution in [0.2, 0.25) is 5.02 Å². The minimum absolute atomic E-state index is 0.262. The SMILES string of the molecule is Cc1ccc(S(=O)(=O)N(C)SNCC=Nc2cc(Cl)ccc2C)cc1. The number of hydrogen-bond acceptors (Lipinski definition) is 5. The van der Waals surface area contributed by atoms with Crippen molar-refractivity contribution in [2.24, 2.45) is 4.99 Å². The summed E-state index contributed by atoms with van der Waals surface area (Å²) in [6.07, 6.45) is 1.68. The number of sulfonamides is 1. The first kappa shape index (κ1) is 19.9. The molecule has 134 valence electrons. The summed E-state index contributed by atoms with van der Waals surface area (Å²) in [5, 5.41) is 0.629. The molecule has 0 aromatic heterocycles. The van der Waals surface area contributed by atoms with Crippen LogP contribution < -0.4 is 4.72 Å². The summed E-state index contributed by atoms with van der Waals surface area (Å²) in [6.45, 7) is 4.27. The van der Waals surface area contributed by atoms with E-state index in [1.54, 1.807) is 36.5 Å². The lowest BCUT2D eigenvalue weighted by atomic mass is 10.2. The van der Waals surface area contributed by atoms with Gasteiger partial charge in [0.05, 0.1) is 10.6 Å². The van der Waals surface area contributed by atoms with Gasteiger partial charge >= 0.3 is 0 Å². The van der Waals surface area contributed by atoms with Crippen molar-refractivity contribution in [1.82, 2.24) is 8.43 Å². The molecule has 8 heteroatoms.